The highest BCUT2D eigenvalue weighted by atomic mass is 16.6. The molecule has 1 saturated heterocycles. The highest BCUT2D eigenvalue weighted by Crippen LogP contribution is 2.30. The van der Waals surface area contributed by atoms with Gasteiger partial charge in [-0.25, -0.2) is 4.68 Å². The molecule has 1 aliphatic heterocycles. The van der Waals surface area contributed by atoms with Gasteiger partial charge in [0.2, 0.25) is 5.82 Å². The average molecular weight is 281 g/mol. The number of rotatable bonds is 4. The van der Waals surface area contributed by atoms with Crippen LogP contribution in [0.1, 0.15) is 32.4 Å². The van der Waals surface area contributed by atoms with E-state index >= 15 is 0 Å². The average Bonchev–Trinajstić information content (AvgIpc) is 2.70. The minimum Gasteiger partial charge on any atom is -0.362 e. The van der Waals surface area contributed by atoms with E-state index in [1.807, 2.05) is 6.92 Å². The standard InChI is InChI=1S/C13H23N5O2/c1-5-17-13(12(18(19)20)10(3)15-17)14-11-6-7-16(4)9(2)8-11/h9,11,14H,5-8H2,1-4H3. The molecule has 0 saturated carbocycles. The molecule has 1 aliphatic rings. The minimum absolute atomic E-state index is 0.110. The van der Waals surface area contributed by atoms with Gasteiger partial charge in [-0.2, -0.15) is 5.10 Å². The van der Waals surface area contributed by atoms with Gasteiger partial charge < -0.3 is 10.2 Å². The van der Waals surface area contributed by atoms with E-state index in [9.17, 15) is 10.1 Å². The molecular weight excluding hydrogens is 258 g/mol. The van der Waals surface area contributed by atoms with Crippen molar-refractivity contribution >= 4 is 11.5 Å². The Hall–Kier alpha value is -1.63. The van der Waals surface area contributed by atoms with E-state index in [0.717, 1.165) is 19.4 Å². The largest absolute Gasteiger partial charge is 0.362 e. The van der Waals surface area contributed by atoms with Crippen LogP contribution in [0, 0.1) is 17.0 Å². The number of nitrogens with one attached hydrogen (secondary N) is 1. The predicted octanol–water partition coefficient (Wildman–Crippen LogP) is 2.01. The Kier molecular flexibility index (Phi) is 4.27. The number of anilines is 1. The first-order valence-corrected chi connectivity index (χ1v) is 7.12. The smallest absolute Gasteiger partial charge is 0.333 e. The van der Waals surface area contributed by atoms with Crippen LogP contribution in [0.2, 0.25) is 0 Å². The fourth-order valence-corrected chi connectivity index (χ4v) is 2.78. The van der Waals surface area contributed by atoms with Crippen molar-refractivity contribution in [3.05, 3.63) is 15.8 Å². The third-order valence-electron chi connectivity index (χ3n) is 4.13. The summed E-state index contributed by atoms with van der Waals surface area (Å²) in [5.74, 6) is 0.553. The van der Waals surface area contributed by atoms with Crippen LogP contribution >= 0.6 is 0 Å². The highest BCUT2D eigenvalue weighted by Gasteiger charge is 2.29. The minimum atomic E-state index is -0.338. The monoisotopic (exact) mass is 281 g/mol. The molecule has 2 unspecified atom stereocenters. The van der Waals surface area contributed by atoms with Crippen molar-refractivity contribution in [1.29, 1.82) is 0 Å². The second-order valence-electron chi connectivity index (χ2n) is 5.55. The Morgan fingerprint density at radius 1 is 1.55 bits per heavy atom. The number of nitrogens with zero attached hydrogens (tertiary/aromatic N) is 4. The fraction of sp³-hybridized carbons (Fsp3) is 0.769. The van der Waals surface area contributed by atoms with E-state index in [0.29, 0.717) is 24.1 Å². The zero-order chi connectivity index (χ0) is 14.9. The number of hydrogen-bond acceptors (Lipinski definition) is 5. The lowest BCUT2D eigenvalue weighted by Crippen LogP contribution is -2.43. The summed E-state index contributed by atoms with van der Waals surface area (Å²) in [6, 6.07) is 0.751. The molecule has 0 aliphatic carbocycles. The molecule has 2 heterocycles. The number of nitro groups is 1. The Balaban J connectivity index is 2.22. The summed E-state index contributed by atoms with van der Waals surface area (Å²) in [5.41, 5.74) is 0.582. The second-order valence-corrected chi connectivity index (χ2v) is 5.55. The third kappa shape index (κ3) is 2.77. The van der Waals surface area contributed by atoms with Crippen molar-refractivity contribution in [2.45, 2.75) is 52.2 Å². The van der Waals surface area contributed by atoms with E-state index < -0.39 is 0 Å². The summed E-state index contributed by atoms with van der Waals surface area (Å²) in [6.07, 6.45) is 1.98. The summed E-state index contributed by atoms with van der Waals surface area (Å²) in [6.45, 7) is 7.45. The molecule has 20 heavy (non-hydrogen) atoms. The van der Waals surface area contributed by atoms with Crippen LogP contribution in [-0.2, 0) is 6.54 Å². The Bertz CT molecular complexity index is 499. The van der Waals surface area contributed by atoms with Crippen molar-refractivity contribution in [1.82, 2.24) is 14.7 Å². The van der Waals surface area contributed by atoms with Crippen LogP contribution in [-0.4, -0.2) is 45.3 Å². The molecule has 1 N–H and O–H groups in total. The van der Waals surface area contributed by atoms with Crippen molar-refractivity contribution in [2.24, 2.45) is 0 Å². The van der Waals surface area contributed by atoms with E-state index in [1.165, 1.54) is 0 Å². The van der Waals surface area contributed by atoms with Crippen LogP contribution in [0.25, 0.3) is 0 Å². The van der Waals surface area contributed by atoms with Gasteiger partial charge in [0.05, 0.1) is 4.92 Å². The maximum absolute atomic E-state index is 11.2. The van der Waals surface area contributed by atoms with Crippen molar-refractivity contribution in [2.75, 3.05) is 18.9 Å². The maximum Gasteiger partial charge on any atom is 0.333 e. The Morgan fingerprint density at radius 2 is 2.25 bits per heavy atom. The Morgan fingerprint density at radius 3 is 2.80 bits per heavy atom. The van der Waals surface area contributed by atoms with Gasteiger partial charge in [0.1, 0.15) is 5.69 Å². The van der Waals surface area contributed by atoms with Gasteiger partial charge in [0.25, 0.3) is 0 Å². The summed E-state index contributed by atoms with van der Waals surface area (Å²) in [7, 11) is 2.11. The normalized spacial score (nSPS) is 23.8. The molecule has 0 aromatic carbocycles. The van der Waals surface area contributed by atoms with Crippen molar-refractivity contribution in [3.63, 3.8) is 0 Å². The molecule has 0 amide bonds. The lowest BCUT2D eigenvalue weighted by molar-refractivity contribution is -0.384. The molecule has 0 bridgehead atoms. The van der Waals surface area contributed by atoms with E-state index in [1.54, 1.807) is 11.6 Å². The number of aryl methyl sites for hydroxylation is 2. The van der Waals surface area contributed by atoms with Gasteiger partial charge in [0, 0.05) is 25.2 Å². The summed E-state index contributed by atoms with van der Waals surface area (Å²) in [5, 5.41) is 18.8. The number of hydrogen-bond donors (Lipinski definition) is 1. The van der Waals surface area contributed by atoms with Crippen LogP contribution < -0.4 is 5.32 Å². The second kappa shape index (κ2) is 5.78. The van der Waals surface area contributed by atoms with Gasteiger partial charge in [0.15, 0.2) is 0 Å². The van der Waals surface area contributed by atoms with E-state index in [2.05, 4.69) is 29.3 Å². The first-order chi connectivity index (χ1) is 9.43. The molecule has 1 fully saturated rings. The quantitative estimate of drug-likeness (QED) is 0.675. The molecule has 2 rings (SSSR count). The predicted molar refractivity (Wildman–Crippen MR) is 78.0 cm³/mol. The lowest BCUT2D eigenvalue weighted by Gasteiger charge is -2.35. The van der Waals surface area contributed by atoms with Crippen LogP contribution in [0.3, 0.4) is 0 Å². The molecule has 0 spiro atoms. The maximum atomic E-state index is 11.2. The number of piperidine rings is 1. The Labute approximate surface area is 119 Å². The fourth-order valence-electron chi connectivity index (χ4n) is 2.78. The van der Waals surface area contributed by atoms with Crippen molar-refractivity contribution in [3.8, 4) is 0 Å². The van der Waals surface area contributed by atoms with E-state index in [-0.39, 0.29) is 16.7 Å². The summed E-state index contributed by atoms with van der Waals surface area (Å²) in [4.78, 5) is 13.2. The zero-order valence-corrected chi connectivity index (χ0v) is 12.6. The first kappa shape index (κ1) is 14.8. The highest BCUT2D eigenvalue weighted by molar-refractivity contribution is 5.60. The topological polar surface area (TPSA) is 76.2 Å². The van der Waals surface area contributed by atoms with Crippen LogP contribution in [0.5, 0.6) is 0 Å². The molecule has 1 aromatic heterocycles. The lowest BCUT2D eigenvalue weighted by atomic mass is 9.99. The van der Waals surface area contributed by atoms with Gasteiger partial charge in [-0.1, -0.05) is 0 Å². The molecular formula is C13H23N5O2. The zero-order valence-electron chi connectivity index (χ0n) is 12.6. The molecule has 7 nitrogen and oxygen atoms in total. The van der Waals surface area contributed by atoms with E-state index in [4.69, 9.17) is 0 Å². The van der Waals surface area contributed by atoms with Gasteiger partial charge in [-0.3, -0.25) is 10.1 Å². The number of likely N-dealkylation sites (tertiary alicyclic amines) is 1. The molecule has 0 radical (unpaired) electrons. The van der Waals surface area contributed by atoms with Crippen molar-refractivity contribution < 1.29 is 4.92 Å². The van der Waals surface area contributed by atoms with Gasteiger partial charge >= 0.3 is 5.69 Å². The first-order valence-electron chi connectivity index (χ1n) is 7.12. The molecule has 2 atom stereocenters. The molecule has 112 valence electrons. The molecule has 7 heteroatoms. The molecule has 1 aromatic rings. The van der Waals surface area contributed by atoms with Gasteiger partial charge in [-0.15, -0.1) is 0 Å². The SMILES string of the molecule is CCn1nc(C)c([N+](=O)[O-])c1NC1CCN(C)C(C)C1. The van der Waals surface area contributed by atoms with Crippen LogP contribution in [0.15, 0.2) is 0 Å². The van der Waals surface area contributed by atoms with Crippen LogP contribution in [0.4, 0.5) is 11.5 Å². The van der Waals surface area contributed by atoms with Gasteiger partial charge in [-0.05, 0) is 40.7 Å². The summed E-state index contributed by atoms with van der Waals surface area (Å²) >= 11 is 0. The number of aromatic nitrogens is 2. The summed E-state index contributed by atoms with van der Waals surface area (Å²) < 4.78 is 1.69. The third-order valence-corrected chi connectivity index (χ3v) is 4.13.